The number of anilines is 1. The van der Waals surface area contributed by atoms with E-state index in [9.17, 15) is 4.79 Å². The number of hydrogen-bond donors (Lipinski definition) is 1. The SMILES string of the molecule is O=C(CCCOc1c(Cl)cc(OCC=C(Cl)Cl)cc1Cl)Nc1ncc(Br)s1. The van der Waals surface area contributed by atoms with E-state index in [0.717, 1.165) is 3.79 Å². The maximum atomic E-state index is 11.9. The lowest BCUT2D eigenvalue weighted by molar-refractivity contribution is -0.116. The Bertz CT molecular complexity index is 805. The molecule has 0 atom stereocenters. The van der Waals surface area contributed by atoms with Crippen molar-refractivity contribution in [2.24, 2.45) is 0 Å². The lowest BCUT2D eigenvalue weighted by Gasteiger charge is -2.12. The molecule has 0 fully saturated rings. The zero-order valence-corrected chi connectivity index (χ0v) is 19.0. The van der Waals surface area contributed by atoms with Crippen molar-refractivity contribution in [1.29, 1.82) is 0 Å². The molecule has 1 aromatic carbocycles. The van der Waals surface area contributed by atoms with Crippen LogP contribution in [0.4, 0.5) is 5.13 Å². The number of ether oxygens (including phenoxy) is 2. The van der Waals surface area contributed by atoms with Gasteiger partial charge in [0, 0.05) is 18.6 Å². The van der Waals surface area contributed by atoms with E-state index < -0.39 is 0 Å². The fraction of sp³-hybridized carbons (Fsp3) is 0.250. The number of hydrogen-bond acceptors (Lipinski definition) is 5. The van der Waals surface area contributed by atoms with E-state index >= 15 is 0 Å². The van der Waals surface area contributed by atoms with Gasteiger partial charge in [-0.3, -0.25) is 4.79 Å². The van der Waals surface area contributed by atoms with Crippen molar-refractivity contribution in [3.63, 3.8) is 0 Å². The van der Waals surface area contributed by atoms with Gasteiger partial charge in [0.25, 0.3) is 0 Å². The second kappa shape index (κ2) is 11.3. The van der Waals surface area contributed by atoms with Gasteiger partial charge in [0.2, 0.25) is 5.91 Å². The number of carbonyl (C=O) groups excluding carboxylic acids is 1. The van der Waals surface area contributed by atoms with Crippen molar-refractivity contribution in [1.82, 2.24) is 4.98 Å². The Balaban J connectivity index is 1.79. The summed E-state index contributed by atoms with van der Waals surface area (Å²) >= 11 is 28.0. The molecule has 0 aliphatic carbocycles. The number of nitrogens with zero attached hydrogens (tertiary/aromatic N) is 1. The highest BCUT2D eigenvalue weighted by Gasteiger charge is 2.11. The lowest BCUT2D eigenvalue weighted by atomic mass is 10.3. The molecule has 1 amide bonds. The second-order valence-corrected chi connectivity index (χ2v) is 9.22. The highest BCUT2D eigenvalue weighted by molar-refractivity contribution is 9.11. The molecule has 5 nitrogen and oxygen atoms in total. The molecule has 2 aromatic rings. The fourth-order valence-electron chi connectivity index (χ4n) is 1.86. The molecule has 2 rings (SSSR count). The van der Waals surface area contributed by atoms with E-state index in [2.05, 4.69) is 26.2 Å². The Morgan fingerprint density at radius 2 is 1.96 bits per heavy atom. The molecule has 0 saturated carbocycles. The predicted molar refractivity (Wildman–Crippen MR) is 115 cm³/mol. The standard InChI is InChI=1S/C16H13BrCl4N2O3S/c17-12-8-22-16(27-12)23-14(24)2-1-4-26-15-10(18)6-9(7-11(15)19)25-5-3-13(20)21/h3,6-8H,1-2,4-5H2,(H,22,23,24). The van der Waals surface area contributed by atoms with E-state index in [1.54, 1.807) is 18.3 Å². The summed E-state index contributed by atoms with van der Waals surface area (Å²) in [6.45, 7) is 0.458. The first-order chi connectivity index (χ1) is 12.8. The summed E-state index contributed by atoms with van der Waals surface area (Å²) in [4.78, 5) is 15.9. The number of carbonyl (C=O) groups is 1. The number of nitrogens with one attached hydrogen (secondary N) is 1. The largest absolute Gasteiger partial charge is 0.490 e. The molecule has 0 aliphatic rings. The van der Waals surface area contributed by atoms with Crippen LogP contribution in [0.2, 0.25) is 10.0 Å². The average molecular weight is 535 g/mol. The van der Waals surface area contributed by atoms with E-state index in [0.29, 0.717) is 33.1 Å². The van der Waals surface area contributed by atoms with Crippen molar-refractivity contribution in [2.75, 3.05) is 18.5 Å². The van der Waals surface area contributed by atoms with E-state index in [4.69, 9.17) is 55.9 Å². The van der Waals surface area contributed by atoms with Gasteiger partial charge in [-0.1, -0.05) is 57.7 Å². The number of amides is 1. The van der Waals surface area contributed by atoms with Crippen LogP contribution in [-0.2, 0) is 4.79 Å². The quantitative estimate of drug-likeness (QED) is 0.363. The van der Waals surface area contributed by atoms with Crippen molar-refractivity contribution in [3.8, 4) is 11.5 Å². The van der Waals surface area contributed by atoms with E-state index in [1.807, 2.05) is 0 Å². The number of aromatic nitrogens is 1. The molecule has 0 radical (unpaired) electrons. The van der Waals surface area contributed by atoms with Crippen molar-refractivity contribution < 1.29 is 14.3 Å². The first kappa shape index (κ1) is 22.6. The van der Waals surface area contributed by atoms with Gasteiger partial charge in [0.05, 0.1) is 26.6 Å². The molecule has 1 N–H and O–H groups in total. The molecule has 0 bridgehead atoms. The van der Waals surface area contributed by atoms with Crippen molar-refractivity contribution in [3.05, 3.63) is 42.7 Å². The van der Waals surface area contributed by atoms with Gasteiger partial charge in [-0.2, -0.15) is 0 Å². The summed E-state index contributed by atoms with van der Waals surface area (Å²) in [6.07, 6.45) is 3.88. The van der Waals surface area contributed by atoms with Gasteiger partial charge in [0.15, 0.2) is 10.9 Å². The molecule has 0 aliphatic heterocycles. The minimum Gasteiger partial charge on any atom is -0.490 e. The fourth-order valence-corrected chi connectivity index (χ4v) is 3.68. The second-order valence-electron chi connectivity index (χ2n) is 4.99. The summed E-state index contributed by atoms with van der Waals surface area (Å²) in [7, 11) is 0. The van der Waals surface area contributed by atoms with Crippen LogP contribution in [-0.4, -0.2) is 24.1 Å². The summed E-state index contributed by atoms with van der Waals surface area (Å²) < 4.78 is 12.0. The molecule has 27 heavy (non-hydrogen) atoms. The van der Waals surface area contributed by atoms with Crippen LogP contribution in [0.25, 0.3) is 0 Å². The van der Waals surface area contributed by atoms with E-state index in [-0.39, 0.29) is 30.0 Å². The summed E-state index contributed by atoms with van der Waals surface area (Å²) in [6, 6.07) is 3.15. The Kier molecular flexibility index (Phi) is 9.48. The van der Waals surface area contributed by atoms with Crippen molar-refractivity contribution in [2.45, 2.75) is 12.8 Å². The summed E-state index contributed by atoms with van der Waals surface area (Å²) in [5, 5.41) is 3.85. The van der Waals surface area contributed by atoms with Crippen LogP contribution in [0.1, 0.15) is 12.8 Å². The van der Waals surface area contributed by atoms with E-state index in [1.165, 1.54) is 17.4 Å². The molecule has 11 heteroatoms. The zero-order chi connectivity index (χ0) is 19.8. The van der Waals surface area contributed by atoms with Gasteiger partial charge >= 0.3 is 0 Å². The number of rotatable bonds is 9. The van der Waals surface area contributed by atoms with Gasteiger partial charge < -0.3 is 14.8 Å². The number of thiazole rings is 1. The topological polar surface area (TPSA) is 60.5 Å². The van der Waals surface area contributed by atoms with Crippen LogP contribution in [0.5, 0.6) is 11.5 Å². The lowest BCUT2D eigenvalue weighted by Crippen LogP contribution is -2.12. The summed E-state index contributed by atoms with van der Waals surface area (Å²) in [5.41, 5.74) is 0. The zero-order valence-electron chi connectivity index (χ0n) is 13.6. The van der Waals surface area contributed by atoms with Gasteiger partial charge in [-0.15, -0.1) is 0 Å². The van der Waals surface area contributed by atoms with Gasteiger partial charge in [-0.25, -0.2) is 4.98 Å². The molecule has 146 valence electrons. The maximum absolute atomic E-state index is 11.9. The summed E-state index contributed by atoms with van der Waals surface area (Å²) in [5.74, 6) is 0.644. The molecule has 1 heterocycles. The Hall–Kier alpha value is -0.700. The number of halogens is 5. The Morgan fingerprint density at radius 3 is 2.56 bits per heavy atom. The third kappa shape index (κ3) is 8.05. The Morgan fingerprint density at radius 1 is 1.26 bits per heavy atom. The highest BCUT2D eigenvalue weighted by Crippen LogP contribution is 2.37. The third-order valence-electron chi connectivity index (χ3n) is 2.98. The molecular formula is C16H13BrCl4N2O3S. The third-order valence-corrected chi connectivity index (χ3v) is 5.24. The van der Waals surface area contributed by atoms with Gasteiger partial charge in [-0.05, 0) is 28.4 Å². The van der Waals surface area contributed by atoms with Crippen molar-refractivity contribution >= 4 is 84.7 Å². The van der Waals surface area contributed by atoms with Crippen LogP contribution < -0.4 is 14.8 Å². The van der Waals surface area contributed by atoms with Gasteiger partial charge in [0.1, 0.15) is 16.8 Å². The molecule has 1 aromatic heterocycles. The normalized spacial score (nSPS) is 10.4. The Labute approximate surface area is 188 Å². The maximum Gasteiger partial charge on any atom is 0.226 e. The molecular weight excluding hydrogens is 522 g/mol. The minimum atomic E-state index is -0.146. The first-order valence-electron chi connectivity index (χ1n) is 7.52. The van der Waals surface area contributed by atoms with Crippen LogP contribution in [0, 0.1) is 0 Å². The average Bonchev–Trinajstić information content (AvgIpc) is 2.98. The van der Waals surface area contributed by atoms with Crippen LogP contribution in [0.3, 0.4) is 0 Å². The number of benzene rings is 1. The smallest absolute Gasteiger partial charge is 0.226 e. The molecule has 0 saturated heterocycles. The monoisotopic (exact) mass is 532 g/mol. The molecule has 0 unspecified atom stereocenters. The molecule has 0 spiro atoms. The van der Waals surface area contributed by atoms with Crippen LogP contribution in [0.15, 0.2) is 32.7 Å². The van der Waals surface area contributed by atoms with Crippen LogP contribution >= 0.6 is 73.7 Å². The minimum absolute atomic E-state index is 0.110. The predicted octanol–water partition coefficient (Wildman–Crippen LogP) is 6.71. The highest BCUT2D eigenvalue weighted by atomic mass is 79.9. The first-order valence-corrected chi connectivity index (χ1v) is 10.6.